The molecule has 0 N–H and O–H groups in total. The lowest BCUT2D eigenvalue weighted by Gasteiger charge is -2.28. The van der Waals surface area contributed by atoms with Crippen LogP contribution in [0.1, 0.15) is 36.5 Å². The predicted molar refractivity (Wildman–Crippen MR) is 87.1 cm³/mol. The van der Waals surface area contributed by atoms with Crippen LogP contribution in [0.5, 0.6) is 0 Å². The zero-order valence-electron chi connectivity index (χ0n) is 12.1. The Balaban J connectivity index is 2.24. The molecule has 0 radical (unpaired) electrons. The van der Waals surface area contributed by atoms with Crippen molar-refractivity contribution in [1.82, 2.24) is 4.90 Å². The number of nitrogens with zero attached hydrogens (tertiary/aromatic N) is 1. The van der Waals surface area contributed by atoms with Crippen LogP contribution >= 0.6 is 15.9 Å². The summed E-state index contributed by atoms with van der Waals surface area (Å²) in [5.74, 6) is 0.189. The fourth-order valence-corrected chi connectivity index (χ4v) is 4.77. The van der Waals surface area contributed by atoms with Crippen molar-refractivity contribution in [1.29, 1.82) is 0 Å². The highest BCUT2D eigenvalue weighted by Crippen LogP contribution is 2.24. The van der Waals surface area contributed by atoms with Gasteiger partial charge in [0.1, 0.15) is 0 Å². The lowest BCUT2D eigenvalue weighted by atomic mass is 10.1. The lowest BCUT2D eigenvalue weighted by Crippen LogP contribution is -2.41. The number of benzene rings is 1. The molecular weight excluding hydrogens is 354 g/mol. The maximum absolute atomic E-state index is 12.8. The van der Waals surface area contributed by atoms with Crippen LogP contribution in [0.4, 0.5) is 0 Å². The molecule has 0 aliphatic carbocycles. The number of amides is 1. The fourth-order valence-electron chi connectivity index (χ4n) is 2.59. The first-order chi connectivity index (χ1) is 9.94. The van der Waals surface area contributed by atoms with E-state index < -0.39 is 9.84 Å². The van der Waals surface area contributed by atoms with Gasteiger partial charge in [0, 0.05) is 17.1 Å². The molecule has 1 aliphatic heterocycles. The van der Waals surface area contributed by atoms with Crippen molar-refractivity contribution in [3.05, 3.63) is 34.3 Å². The Morgan fingerprint density at radius 2 is 2.10 bits per heavy atom. The molecule has 1 atom stereocenters. The van der Waals surface area contributed by atoms with E-state index >= 15 is 0 Å². The van der Waals surface area contributed by atoms with Crippen LogP contribution in [0.2, 0.25) is 0 Å². The molecule has 1 fully saturated rings. The molecule has 0 bridgehead atoms. The van der Waals surface area contributed by atoms with Crippen LogP contribution in [-0.4, -0.2) is 43.3 Å². The molecule has 1 heterocycles. The van der Waals surface area contributed by atoms with Gasteiger partial charge in [-0.25, -0.2) is 8.42 Å². The summed E-state index contributed by atoms with van der Waals surface area (Å²) in [6.45, 7) is 2.67. The van der Waals surface area contributed by atoms with E-state index in [2.05, 4.69) is 22.9 Å². The second-order valence-corrected chi connectivity index (χ2v) is 8.47. The average Bonchev–Trinajstić information content (AvgIpc) is 2.79. The molecule has 2 rings (SSSR count). The molecular formula is C15H20BrNO3S. The van der Waals surface area contributed by atoms with E-state index in [9.17, 15) is 13.2 Å². The summed E-state index contributed by atoms with van der Waals surface area (Å²) in [7, 11) is -3.00. The van der Waals surface area contributed by atoms with Crippen LogP contribution in [-0.2, 0) is 9.84 Å². The number of unbranched alkanes of at least 4 members (excludes halogenated alkanes) is 1. The molecule has 1 aromatic carbocycles. The van der Waals surface area contributed by atoms with E-state index in [0.29, 0.717) is 18.5 Å². The summed E-state index contributed by atoms with van der Waals surface area (Å²) in [6, 6.07) is 7.09. The van der Waals surface area contributed by atoms with E-state index in [1.807, 2.05) is 18.2 Å². The number of halogens is 1. The van der Waals surface area contributed by atoms with Crippen LogP contribution in [0.3, 0.4) is 0 Å². The molecule has 116 valence electrons. The normalized spacial score (nSPS) is 20.4. The Bertz CT molecular complexity index is 615. The van der Waals surface area contributed by atoms with Gasteiger partial charge in [-0.05, 0) is 40.9 Å². The first kappa shape index (κ1) is 16.5. The summed E-state index contributed by atoms with van der Waals surface area (Å²) < 4.78 is 24.1. The number of carbonyl (C=O) groups excluding carboxylic acids is 1. The Morgan fingerprint density at radius 1 is 1.38 bits per heavy atom. The molecule has 21 heavy (non-hydrogen) atoms. The highest BCUT2D eigenvalue weighted by Gasteiger charge is 2.35. The summed E-state index contributed by atoms with van der Waals surface area (Å²) in [5.41, 5.74) is 0.595. The Morgan fingerprint density at radius 3 is 2.67 bits per heavy atom. The summed E-state index contributed by atoms with van der Waals surface area (Å²) >= 11 is 3.40. The molecule has 0 saturated carbocycles. The van der Waals surface area contributed by atoms with Gasteiger partial charge in [-0.1, -0.05) is 25.5 Å². The van der Waals surface area contributed by atoms with Crippen LogP contribution in [0.25, 0.3) is 0 Å². The fraction of sp³-hybridized carbons (Fsp3) is 0.533. The van der Waals surface area contributed by atoms with Crippen molar-refractivity contribution >= 4 is 31.7 Å². The smallest absolute Gasteiger partial charge is 0.255 e. The van der Waals surface area contributed by atoms with Crippen molar-refractivity contribution in [2.24, 2.45) is 0 Å². The number of hydrogen-bond acceptors (Lipinski definition) is 3. The number of rotatable bonds is 5. The highest BCUT2D eigenvalue weighted by molar-refractivity contribution is 9.10. The Hall–Kier alpha value is -0.880. The van der Waals surface area contributed by atoms with Gasteiger partial charge in [-0.15, -0.1) is 0 Å². The Labute approximate surface area is 134 Å². The van der Waals surface area contributed by atoms with E-state index in [-0.39, 0.29) is 23.5 Å². The molecule has 6 heteroatoms. The minimum atomic E-state index is -3.00. The maximum atomic E-state index is 12.8. The van der Waals surface area contributed by atoms with Crippen molar-refractivity contribution in [2.75, 3.05) is 18.1 Å². The third-order valence-electron chi connectivity index (χ3n) is 3.77. The topological polar surface area (TPSA) is 54.5 Å². The van der Waals surface area contributed by atoms with Gasteiger partial charge in [-0.3, -0.25) is 4.79 Å². The minimum Gasteiger partial charge on any atom is -0.335 e. The largest absolute Gasteiger partial charge is 0.335 e. The van der Waals surface area contributed by atoms with Crippen molar-refractivity contribution < 1.29 is 13.2 Å². The molecule has 1 amide bonds. The quantitative estimate of drug-likeness (QED) is 0.797. The predicted octanol–water partition coefficient (Wildman–Crippen LogP) is 2.88. The van der Waals surface area contributed by atoms with Gasteiger partial charge in [0.15, 0.2) is 9.84 Å². The van der Waals surface area contributed by atoms with Gasteiger partial charge in [0.05, 0.1) is 17.1 Å². The maximum Gasteiger partial charge on any atom is 0.255 e. The minimum absolute atomic E-state index is 0.0852. The van der Waals surface area contributed by atoms with E-state index in [0.717, 1.165) is 17.3 Å². The average molecular weight is 374 g/mol. The van der Waals surface area contributed by atoms with Gasteiger partial charge in [-0.2, -0.15) is 0 Å². The van der Waals surface area contributed by atoms with Gasteiger partial charge in [0.25, 0.3) is 5.91 Å². The zero-order chi connectivity index (χ0) is 15.5. The van der Waals surface area contributed by atoms with Crippen LogP contribution in [0.15, 0.2) is 28.7 Å². The number of carbonyl (C=O) groups is 1. The van der Waals surface area contributed by atoms with Gasteiger partial charge < -0.3 is 4.90 Å². The van der Waals surface area contributed by atoms with Crippen molar-refractivity contribution in [3.8, 4) is 0 Å². The third kappa shape index (κ3) is 4.07. The highest BCUT2D eigenvalue weighted by atomic mass is 79.9. The van der Waals surface area contributed by atoms with Crippen molar-refractivity contribution in [2.45, 2.75) is 32.2 Å². The monoisotopic (exact) mass is 373 g/mol. The van der Waals surface area contributed by atoms with Crippen LogP contribution < -0.4 is 0 Å². The van der Waals surface area contributed by atoms with Crippen molar-refractivity contribution in [3.63, 3.8) is 0 Å². The lowest BCUT2D eigenvalue weighted by molar-refractivity contribution is 0.0693. The molecule has 0 aromatic heterocycles. The molecule has 1 saturated heterocycles. The molecule has 0 spiro atoms. The summed E-state index contributed by atoms with van der Waals surface area (Å²) in [6.07, 6.45) is 2.40. The Kier molecular flexibility index (Phi) is 5.43. The van der Waals surface area contributed by atoms with E-state index in [4.69, 9.17) is 0 Å². The van der Waals surface area contributed by atoms with Gasteiger partial charge >= 0.3 is 0 Å². The number of hydrogen-bond donors (Lipinski definition) is 0. The second-order valence-electron chi connectivity index (χ2n) is 5.39. The summed E-state index contributed by atoms with van der Waals surface area (Å²) in [5, 5.41) is 0. The standard InChI is InChI=1S/C15H20BrNO3S/c1-2-3-9-17(12-8-10-21(19,20)11-12)15(18)13-6-4-5-7-14(13)16/h4-7,12H,2-3,8-11H2,1H3/t12-/m1/s1. The third-order valence-corrected chi connectivity index (χ3v) is 6.21. The van der Waals surface area contributed by atoms with Gasteiger partial charge in [0.2, 0.25) is 0 Å². The molecule has 4 nitrogen and oxygen atoms in total. The zero-order valence-corrected chi connectivity index (χ0v) is 14.5. The second kappa shape index (κ2) is 6.92. The summed E-state index contributed by atoms with van der Waals surface area (Å²) in [4.78, 5) is 14.5. The first-order valence-corrected chi connectivity index (χ1v) is 9.82. The number of sulfone groups is 1. The molecule has 1 aromatic rings. The first-order valence-electron chi connectivity index (χ1n) is 7.20. The van der Waals surface area contributed by atoms with Crippen LogP contribution in [0, 0.1) is 0 Å². The SMILES string of the molecule is CCCCN(C(=O)c1ccccc1Br)[C@@H]1CCS(=O)(=O)C1. The molecule has 1 aliphatic rings. The van der Waals surface area contributed by atoms with E-state index in [1.165, 1.54) is 0 Å². The molecule has 0 unspecified atom stereocenters. The van der Waals surface area contributed by atoms with E-state index in [1.54, 1.807) is 11.0 Å².